The van der Waals surface area contributed by atoms with Gasteiger partial charge in [-0.15, -0.1) is 0 Å². The summed E-state index contributed by atoms with van der Waals surface area (Å²) in [6.07, 6.45) is 2.46. The Bertz CT molecular complexity index is 664. The Morgan fingerprint density at radius 1 is 1.32 bits per heavy atom. The first kappa shape index (κ1) is 22.6. The lowest BCUT2D eigenvalue weighted by molar-refractivity contribution is -0.126. The Kier molecular flexibility index (Phi) is 9.15. The number of anilines is 1. The molecular weight excluding hydrogens is 385 g/mol. The number of hydrogen-bond donors (Lipinski definition) is 2. The number of carbonyl (C=O) groups excluding carboxylic acids is 2. The van der Waals surface area contributed by atoms with E-state index in [-0.39, 0.29) is 35.4 Å². The number of benzene rings is 1. The van der Waals surface area contributed by atoms with Crippen LogP contribution in [-0.2, 0) is 14.3 Å². The van der Waals surface area contributed by atoms with Gasteiger partial charge in [-0.1, -0.05) is 11.6 Å². The third-order valence-electron chi connectivity index (χ3n) is 4.60. The van der Waals surface area contributed by atoms with E-state index in [4.69, 9.17) is 16.3 Å². The maximum absolute atomic E-state index is 13.2. The zero-order valence-corrected chi connectivity index (χ0v) is 17.2. The minimum absolute atomic E-state index is 0.0127. The van der Waals surface area contributed by atoms with Gasteiger partial charge in [0.2, 0.25) is 11.8 Å². The number of ether oxygens (including phenoxy) is 1. The zero-order chi connectivity index (χ0) is 20.5. The van der Waals surface area contributed by atoms with Gasteiger partial charge in [-0.3, -0.25) is 14.5 Å². The van der Waals surface area contributed by atoms with Gasteiger partial charge in [0.1, 0.15) is 5.82 Å². The van der Waals surface area contributed by atoms with Crippen molar-refractivity contribution in [3.05, 3.63) is 29.0 Å². The summed E-state index contributed by atoms with van der Waals surface area (Å²) in [5.41, 5.74) is 0.465. The topological polar surface area (TPSA) is 70.7 Å². The molecule has 2 rings (SSSR count). The van der Waals surface area contributed by atoms with Crippen LogP contribution >= 0.6 is 11.6 Å². The Hall–Kier alpha value is -1.70. The Morgan fingerprint density at radius 2 is 2.04 bits per heavy atom. The second-order valence-corrected chi connectivity index (χ2v) is 7.70. The van der Waals surface area contributed by atoms with E-state index in [0.29, 0.717) is 31.9 Å². The van der Waals surface area contributed by atoms with E-state index in [1.807, 2.05) is 18.7 Å². The molecule has 1 aliphatic heterocycles. The fourth-order valence-electron chi connectivity index (χ4n) is 3.08. The van der Waals surface area contributed by atoms with Crippen LogP contribution in [0.4, 0.5) is 10.1 Å². The molecule has 2 N–H and O–H groups in total. The summed E-state index contributed by atoms with van der Waals surface area (Å²) in [6, 6.07) is 4.08. The molecule has 156 valence electrons. The fourth-order valence-corrected chi connectivity index (χ4v) is 3.26. The van der Waals surface area contributed by atoms with Gasteiger partial charge in [0.05, 0.1) is 17.7 Å². The number of amides is 2. The number of piperidine rings is 1. The standard InChI is InChI=1S/C20H29ClFN3O3/c1-14(2)28-11-3-8-23-20(27)15-6-9-25(10-7-15)13-19(26)24-16-4-5-18(22)17(21)12-16/h4-5,12,14-15H,3,6-11,13H2,1-2H3,(H,23,27)(H,24,26). The van der Waals surface area contributed by atoms with Crippen molar-refractivity contribution in [2.75, 3.05) is 38.1 Å². The highest BCUT2D eigenvalue weighted by Crippen LogP contribution is 2.20. The molecule has 1 heterocycles. The van der Waals surface area contributed by atoms with Crippen LogP contribution in [0.25, 0.3) is 0 Å². The van der Waals surface area contributed by atoms with Crippen LogP contribution in [0, 0.1) is 11.7 Å². The van der Waals surface area contributed by atoms with Crippen molar-refractivity contribution >= 4 is 29.1 Å². The van der Waals surface area contributed by atoms with E-state index in [1.165, 1.54) is 18.2 Å². The van der Waals surface area contributed by atoms with E-state index in [9.17, 15) is 14.0 Å². The van der Waals surface area contributed by atoms with Crippen molar-refractivity contribution in [3.8, 4) is 0 Å². The number of nitrogens with one attached hydrogen (secondary N) is 2. The summed E-state index contributed by atoms with van der Waals surface area (Å²) in [6.45, 7) is 6.84. The number of rotatable bonds is 9. The number of likely N-dealkylation sites (tertiary alicyclic amines) is 1. The van der Waals surface area contributed by atoms with Crippen LogP contribution in [0.1, 0.15) is 33.1 Å². The quantitative estimate of drug-likeness (QED) is 0.610. The lowest BCUT2D eigenvalue weighted by Gasteiger charge is -2.30. The fraction of sp³-hybridized carbons (Fsp3) is 0.600. The van der Waals surface area contributed by atoms with Crippen LogP contribution in [0.3, 0.4) is 0 Å². The van der Waals surface area contributed by atoms with Gasteiger partial charge in [0, 0.05) is 24.8 Å². The molecule has 8 heteroatoms. The summed E-state index contributed by atoms with van der Waals surface area (Å²) >= 11 is 5.72. The third-order valence-corrected chi connectivity index (χ3v) is 4.89. The van der Waals surface area contributed by atoms with Gasteiger partial charge in [0.25, 0.3) is 0 Å². The molecule has 1 aromatic carbocycles. The molecule has 0 aliphatic carbocycles. The molecule has 1 saturated heterocycles. The van der Waals surface area contributed by atoms with Crippen molar-refractivity contribution in [1.29, 1.82) is 0 Å². The SMILES string of the molecule is CC(C)OCCCNC(=O)C1CCN(CC(=O)Nc2ccc(F)c(Cl)c2)CC1. The van der Waals surface area contributed by atoms with Crippen LogP contribution < -0.4 is 10.6 Å². The highest BCUT2D eigenvalue weighted by molar-refractivity contribution is 6.31. The molecule has 0 radical (unpaired) electrons. The lowest BCUT2D eigenvalue weighted by atomic mass is 9.96. The van der Waals surface area contributed by atoms with E-state index < -0.39 is 5.82 Å². The Labute approximate surface area is 170 Å². The smallest absolute Gasteiger partial charge is 0.238 e. The summed E-state index contributed by atoms with van der Waals surface area (Å²) in [4.78, 5) is 26.4. The average Bonchev–Trinajstić information content (AvgIpc) is 2.64. The maximum Gasteiger partial charge on any atom is 0.238 e. The van der Waals surface area contributed by atoms with Gasteiger partial charge < -0.3 is 15.4 Å². The van der Waals surface area contributed by atoms with Crippen molar-refractivity contribution in [3.63, 3.8) is 0 Å². The first-order valence-corrected chi connectivity index (χ1v) is 10.1. The van der Waals surface area contributed by atoms with Crippen molar-refractivity contribution in [2.24, 2.45) is 5.92 Å². The average molecular weight is 414 g/mol. The van der Waals surface area contributed by atoms with E-state index in [0.717, 1.165) is 19.3 Å². The van der Waals surface area contributed by atoms with E-state index in [1.54, 1.807) is 0 Å². The molecule has 1 aromatic rings. The number of nitrogens with zero attached hydrogens (tertiary/aromatic N) is 1. The molecule has 0 unspecified atom stereocenters. The van der Waals surface area contributed by atoms with E-state index in [2.05, 4.69) is 10.6 Å². The van der Waals surface area contributed by atoms with E-state index >= 15 is 0 Å². The summed E-state index contributed by atoms with van der Waals surface area (Å²) in [7, 11) is 0. The van der Waals surface area contributed by atoms with Gasteiger partial charge in [-0.25, -0.2) is 4.39 Å². The van der Waals surface area contributed by atoms with Gasteiger partial charge in [-0.05, 0) is 64.4 Å². The number of halogens is 2. The second-order valence-electron chi connectivity index (χ2n) is 7.29. The second kappa shape index (κ2) is 11.3. The molecule has 6 nitrogen and oxygen atoms in total. The van der Waals surface area contributed by atoms with Crippen LogP contribution in [0.2, 0.25) is 5.02 Å². The zero-order valence-electron chi connectivity index (χ0n) is 16.5. The molecule has 1 aliphatic rings. The molecule has 0 spiro atoms. The third kappa shape index (κ3) is 7.73. The van der Waals surface area contributed by atoms with Crippen LogP contribution in [0.15, 0.2) is 18.2 Å². The van der Waals surface area contributed by atoms with Gasteiger partial charge in [0.15, 0.2) is 0 Å². The van der Waals surface area contributed by atoms with Crippen LogP contribution in [-0.4, -0.2) is 55.6 Å². The first-order valence-electron chi connectivity index (χ1n) is 9.71. The van der Waals surface area contributed by atoms with Gasteiger partial charge >= 0.3 is 0 Å². The summed E-state index contributed by atoms with van der Waals surface area (Å²) < 4.78 is 18.6. The molecule has 2 amide bonds. The highest BCUT2D eigenvalue weighted by atomic mass is 35.5. The normalized spacial score (nSPS) is 15.6. The minimum Gasteiger partial charge on any atom is -0.379 e. The Balaban J connectivity index is 1.65. The predicted molar refractivity (Wildman–Crippen MR) is 108 cm³/mol. The highest BCUT2D eigenvalue weighted by Gasteiger charge is 2.25. The Morgan fingerprint density at radius 3 is 2.68 bits per heavy atom. The van der Waals surface area contributed by atoms with Crippen molar-refractivity contribution in [1.82, 2.24) is 10.2 Å². The molecule has 0 saturated carbocycles. The molecular formula is C20H29ClFN3O3. The van der Waals surface area contributed by atoms with Crippen LogP contribution in [0.5, 0.6) is 0 Å². The summed E-state index contributed by atoms with van der Waals surface area (Å²) in [5.74, 6) is -0.640. The molecule has 0 atom stereocenters. The van der Waals surface area contributed by atoms with Gasteiger partial charge in [-0.2, -0.15) is 0 Å². The van der Waals surface area contributed by atoms with Crippen molar-refractivity contribution in [2.45, 2.75) is 39.2 Å². The lowest BCUT2D eigenvalue weighted by Crippen LogP contribution is -2.43. The number of hydrogen-bond acceptors (Lipinski definition) is 4. The predicted octanol–water partition coefficient (Wildman–Crippen LogP) is 3.06. The monoisotopic (exact) mass is 413 g/mol. The molecule has 0 aromatic heterocycles. The largest absolute Gasteiger partial charge is 0.379 e. The first-order chi connectivity index (χ1) is 13.3. The molecule has 1 fully saturated rings. The van der Waals surface area contributed by atoms with Crippen molar-refractivity contribution < 1.29 is 18.7 Å². The minimum atomic E-state index is -0.521. The molecule has 28 heavy (non-hydrogen) atoms. The molecule has 0 bridgehead atoms. The maximum atomic E-state index is 13.2. The number of carbonyl (C=O) groups is 2. The summed E-state index contributed by atoms with van der Waals surface area (Å²) in [5, 5.41) is 5.65.